The molecule has 3 atom stereocenters. The summed E-state index contributed by atoms with van der Waals surface area (Å²) in [6.07, 6.45) is 2.82. The summed E-state index contributed by atoms with van der Waals surface area (Å²) in [6.45, 7) is 0.707. The standard InChI is InChI=1S/C29H32N4O3/c1-31(2)29(36)20-9-7-19(8-10-20)21-11-12-25-24(16-21)28-23(26(18-34)32(25)3)13-15-33(28)27(35)17-22-6-4-5-14-30-22/h4-12,14,16,23,26,28,34H,13,15,17-18H2,1-3H3/t23-,26-,28-/m1/s1. The Morgan fingerprint density at radius 2 is 1.81 bits per heavy atom. The quantitative estimate of drug-likeness (QED) is 0.601. The fourth-order valence-electron chi connectivity index (χ4n) is 5.74. The lowest BCUT2D eigenvalue weighted by Gasteiger charge is -2.44. The van der Waals surface area contributed by atoms with E-state index in [1.54, 1.807) is 25.2 Å². The molecule has 7 nitrogen and oxygen atoms in total. The third-order valence-corrected chi connectivity index (χ3v) is 7.60. The van der Waals surface area contributed by atoms with Crippen molar-refractivity contribution in [3.63, 3.8) is 0 Å². The summed E-state index contributed by atoms with van der Waals surface area (Å²) >= 11 is 0. The lowest BCUT2D eigenvalue weighted by atomic mass is 9.81. The maximum Gasteiger partial charge on any atom is 0.253 e. The highest BCUT2D eigenvalue weighted by molar-refractivity contribution is 5.94. The monoisotopic (exact) mass is 484 g/mol. The highest BCUT2D eigenvalue weighted by Crippen LogP contribution is 2.49. The Morgan fingerprint density at radius 3 is 2.47 bits per heavy atom. The second kappa shape index (κ2) is 9.74. The van der Waals surface area contributed by atoms with Crippen LogP contribution in [0.5, 0.6) is 0 Å². The van der Waals surface area contributed by atoms with E-state index in [1.165, 1.54) is 0 Å². The summed E-state index contributed by atoms with van der Waals surface area (Å²) in [5.74, 6) is 0.181. The maximum absolute atomic E-state index is 13.4. The molecular formula is C29H32N4O3. The first-order valence-corrected chi connectivity index (χ1v) is 12.4. The maximum atomic E-state index is 13.4. The molecule has 2 amide bonds. The first-order chi connectivity index (χ1) is 17.4. The number of likely N-dealkylation sites (N-methyl/N-ethyl adjacent to an activating group) is 1. The van der Waals surface area contributed by atoms with Gasteiger partial charge in [0.15, 0.2) is 0 Å². The molecule has 3 aromatic rings. The number of aliphatic hydroxyl groups is 1. The van der Waals surface area contributed by atoms with Crippen molar-refractivity contribution in [1.82, 2.24) is 14.8 Å². The minimum atomic E-state index is -0.0981. The zero-order valence-electron chi connectivity index (χ0n) is 21.0. The second-order valence-corrected chi connectivity index (χ2v) is 9.89. The molecule has 0 unspecified atom stereocenters. The third kappa shape index (κ3) is 4.24. The lowest BCUT2D eigenvalue weighted by molar-refractivity contribution is -0.132. The first-order valence-electron chi connectivity index (χ1n) is 12.4. The van der Waals surface area contributed by atoms with Crippen molar-refractivity contribution in [2.45, 2.75) is 24.9 Å². The fraction of sp³-hybridized carbons (Fsp3) is 0.345. The number of rotatable bonds is 5. The van der Waals surface area contributed by atoms with Crippen LogP contribution in [0.4, 0.5) is 5.69 Å². The van der Waals surface area contributed by atoms with Crippen molar-refractivity contribution < 1.29 is 14.7 Å². The molecule has 0 saturated carbocycles. The van der Waals surface area contributed by atoms with Crippen LogP contribution >= 0.6 is 0 Å². The molecule has 7 heteroatoms. The van der Waals surface area contributed by atoms with Gasteiger partial charge in [0.2, 0.25) is 5.91 Å². The van der Waals surface area contributed by atoms with Crippen LogP contribution in [0.1, 0.15) is 34.1 Å². The molecular weight excluding hydrogens is 452 g/mol. The molecule has 0 aliphatic carbocycles. The molecule has 0 spiro atoms. The highest BCUT2D eigenvalue weighted by Gasteiger charge is 2.47. The van der Waals surface area contributed by atoms with Crippen molar-refractivity contribution in [3.8, 4) is 11.1 Å². The number of benzene rings is 2. The molecule has 0 bridgehead atoms. The molecule has 1 fully saturated rings. The van der Waals surface area contributed by atoms with Gasteiger partial charge in [0.05, 0.1) is 25.1 Å². The van der Waals surface area contributed by atoms with Gasteiger partial charge in [-0.05, 0) is 59.5 Å². The van der Waals surface area contributed by atoms with Crippen LogP contribution in [0, 0.1) is 5.92 Å². The van der Waals surface area contributed by atoms with Crippen LogP contribution in [-0.4, -0.2) is 72.0 Å². The topological polar surface area (TPSA) is 77.0 Å². The van der Waals surface area contributed by atoms with Gasteiger partial charge >= 0.3 is 0 Å². The van der Waals surface area contributed by atoms with Crippen LogP contribution in [0.3, 0.4) is 0 Å². The Balaban J connectivity index is 1.50. The van der Waals surface area contributed by atoms with Gasteiger partial charge in [0.1, 0.15) is 0 Å². The Labute approximate surface area is 212 Å². The van der Waals surface area contributed by atoms with Gasteiger partial charge in [-0.25, -0.2) is 0 Å². The number of anilines is 1. The number of amides is 2. The summed E-state index contributed by atoms with van der Waals surface area (Å²) in [5.41, 5.74) is 5.60. The zero-order chi connectivity index (χ0) is 25.4. The van der Waals surface area contributed by atoms with Gasteiger partial charge in [-0.1, -0.05) is 24.3 Å². The van der Waals surface area contributed by atoms with Gasteiger partial charge in [-0.3, -0.25) is 14.6 Å². The van der Waals surface area contributed by atoms with Crippen molar-refractivity contribution in [3.05, 3.63) is 83.7 Å². The molecule has 36 heavy (non-hydrogen) atoms. The number of aliphatic hydroxyl groups excluding tert-OH is 1. The average molecular weight is 485 g/mol. The number of hydrogen-bond donors (Lipinski definition) is 1. The second-order valence-electron chi connectivity index (χ2n) is 9.89. The molecule has 2 aliphatic heterocycles. The van der Waals surface area contributed by atoms with Crippen LogP contribution < -0.4 is 4.90 Å². The van der Waals surface area contributed by atoms with Crippen molar-refractivity contribution in [1.29, 1.82) is 0 Å². The van der Waals surface area contributed by atoms with Gasteiger partial charge in [0, 0.05) is 56.7 Å². The van der Waals surface area contributed by atoms with Gasteiger partial charge in [-0.2, -0.15) is 0 Å². The Hall–Kier alpha value is -3.71. The largest absolute Gasteiger partial charge is 0.394 e. The Morgan fingerprint density at radius 1 is 1.06 bits per heavy atom. The Bertz CT molecular complexity index is 1260. The van der Waals surface area contributed by atoms with E-state index in [4.69, 9.17) is 0 Å². The third-order valence-electron chi connectivity index (χ3n) is 7.60. The number of carbonyl (C=O) groups excluding carboxylic acids is 2. The number of fused-ring (bicyclic) bond motifs is 3. The minimum absolute atomic E-state index is 0.0282. The molecule has 186 valence electrons. The van der Waals surface area contributed by atoms with E-state index in [-0.39, 0.29) is 42.8 Å². The zero-order valence-corrected chi connectivity index (χ0v) is 21.0. The van der Waals surface area contributed by atoms with Crippen LogP contribution in [0.15, 0.2) is 66.9 Å². The molecule has 2 aliphatic rings. The van der Waals surface area contributed by atoms with Crippen molar-refractivity contribution >= 4 is 17.5 Å². The summed E-state index contributed by atoms with van der Waals surface area (Å²) in [5, 5.41) is 10.3. The average Bonchev–Trinajstić information content (AvgIpc) is 3.34. The molecule has 1 saturated heterocycles. The normalized spacial score (nSPS) is 20.6. The van der Waals surface area contributed by atoms with Gasteiger partial charge in [-0.15, -0.1) is 0 Å². The lowest BCUT2D eigenvalue weighted by Crippen LogP contribution is -2.48. The number of likely N-dealkylation sites (tertiary alicyclic amines) is 1. The van der Waals surface area contributed by atoms with E-state index >= 15 is 0 Å². The van der Waals surface area contributed by atoms with E-state index in [1.807, 2.05) is 54.4 Å². The van der Waals surface area contributed by atoms with Gasteiger partial charge in [0.25, 0.3) is 5.91 Å². The van der Waals surface area contributed by atoms with E-state index in [0.29, 0.717) is 12.1 Å². The fourth-order valence-corrected chi connectivity index (χ4v) is 5.74. The van der Waals surface area contributed by atoms with Gasteiger partial charge < -0.3 is 19.8 Å². The number of hydrogen-bond acceptors (Lipinski definition) is 5. The number of pyridine rings is 1. The number of nitrogens with zero attached hydrogens (tertiary/aromatic N) is 4. The van der Waals surface area contributed by atoms with Crippen LogP contribution in [-0.2, 0) is 11.2 Å². The van der Waals surface area contributed by atoms with Crippen LogP contribution in [0.25, 0.3) is 11.1 Å². The summed E-state index contributed by atoms with van der Waals surface area (Å²) in [6, 6.07) is 19.5. The highest BCUT2D eigenvalue weighted by atomic mass is 16.3. The first kappa shape index (κ1) is 24.0. The van der Waals surface area contributed by atoms with Crippen LogP contribution in [0.2, 0.25) is 0 Å². The number of aromatic nitrogens is 1. The minimum Gasteiger partial charge on any atom is -0.394 e. The Kier molecular flexibility index (Phi) is 6.49. The van der Waals surface area contributed by atoms with Crippen molar-refractivity contribution in [2.75, 3.05) is 39.2 Å². The summed E-state index contributed by atoms with van der Waals surface area (Å²) < 4.78 is 0. The van der Waals surface area contributed by atoms with Crippen molar-refractivity contribution in [2.24, 2.45) is 5.92 Å². The molecule has 0 radical (unpaired) electrons. The predicted molar refractivity (Wildman–Crippen MR) is 140 cm³/mol. The molecule has 1 N–H and O–H groups in total. The molecule has 1 aromatic heterocycles. The van der Waals surface area contributed by atoms with E-state index in [2.05, 4.69) is 28.1 Å². The molecule has 3 heterocycles. The number of carbonyl (C=O) groups is 2. The van der Waals surface area contributed by atoms with E-state index in [9.17, 15) is 14.7 Å². The summed E-state index contributed by atoms with van der Waals surface area (Å²) in [7, 11) is 5.51. The predicted octanol–water partition coefficient (Wildman–Crippen LogP) is 3.39. The van der Waals surface area contributed by atoms with E-state index < -0.39 is 0 Å². The molecule has 2 aromatic carbocycles. The smallest absolute Gasteiger partial charge is 0.253 e. The molecule has 5 rings (SSSR count). The summed E-state index contributed by atoms with van der Waals surface area (Å²) in [4.78, 5) is 35.8. The SMILES string of the molecule is CN(C)C(=O)c1ccc(-c2ccc3c(c2)[C@H]2[C@H](CCN2C(=O)Cc2ccccn2)[C@@H](CO)N3C)cc1. The van der Waals surface area contributed by atoms with E-state index in [0.717, 1.165) is 34.5 Å².